The van der Waals surface area contributed by atoms with Crippen LogP contribution in [0.5, 0.6) is 0 Å². The molecule has 0 aliphatic heterocycles. The molecule has 0 radical (unpaired) electrons. The number of carbonyl (C=O) groups excluding carboxylic acids is 1. The summed E-state index contributed by atoms with van der Waals surface area (Å²) in [7, 11) is 2.01. The molecule has 6 nitrogen and oxygen atoms in total. The molecule has 0 spiro atoms. The van der Waals surface area contributed by atoms with Crippen molar-refractivity contribution < 1.29 is 4.79 Å². The van der Waals surface area contributed by atoms with Crippen LogP contribution >= 0.6 is 0 Å². The van der Waals surface area contributed by atoms with E-state index in [2.05, 4.69) is 9.97 Å². The van der Waals surface area contributed by atoms with Crippen LogP contribution in [0, 0.1) is 0 Å². The Kier molecular flexibility index (Phi) is 4.04. The molecule has 0 aromatic carbocycles. The van der Waals surface area contributed by atoms with Gasteiger partial charge in [0.15, 0.2) is 0 Å². The summed E-state index contributed by atoms with van der Waals surface area (Å²) in [5.41, 5.74) is 3.74. The van der Waals surface area contributed by atoms with Gasteiger partial charge in [0.1, 0.15) is 0 Å². The largest absolute Gasteiger partial charge is 0.327 e. The summed E-state index contributed by atoms with van der Waals surface area (Å²) >= 11 is 0. The quantitative estimate of drug-likeness (QED) is 0.865. The second-order valence-electron chi connectivity index (χ2n) is 6.79. The first-order valence-electron chi connectivity index (χ1n) is 8.85. The Labute approximate surface area is 141 Å². The topological polar surface area (TPSA) is 63.9 Å². The number of carbonyl (C=O) groups is 1. The smallest absolute Gasteiger partial charge is 0.292 e. The third-order valence-electron chi connectivity index (χ3n) is 5.30. The van der Waals surface area contributed by atoms with Gasteiger partial charge in [-0.25, -0.2) is 9.97 Å². The van der Waals surface area contributed by atoms with Gasteiger partial charge in [-0.15, -0.1) is 0 Å². The highest BCUT2D eigenvalue weighted by molar-refractivity contribution is 5.90. The van der Waals surface area contributed by atoms with E-state index in [1.807, 2.05) is 16.6 Å². The molecule has 1 amide bonds. The molecule has 1 fully saturated rings. The fourth-order valence-corrected chi connectivity index (χ4v) is 4.11. The number of hydrogen-bond donors (Lipinski definition) is 0. The first kappa shape index (κ1) is 15.3. The Morgan fingerprint density at radius 3 is 2.71 bits per heavy atom. The van der Waals surface area contributed by atoms with Gasteiger partial charge in [0.05, 0.1) is 12.2 Å². The fraction of sp³-hybridized carbons (Fsp3) is 0.556. The van der Waals surface area contributed by atoms with E-state index in [1.54, 1.807) is 18.5 Å². The lowest BCUT2D eigenvalue weighted by Crippen LogP contribution is -2.39. The Morgan fingerprint density at radius 1 is 1.21 bits per heavy atom. The summed E-state index contributed by atoms with van der Waals surface area (Å²) < 4.78 is 1.99. The molecule has 2 aromatic rings. The minimum atomic E-state index is -0.0695. The van der Waals surface area contributed by atoms with E-state index in [4.69, 9.17) is 5.10 Å². The summed E-state index contributed by atoms with van der Waals surface area (Å²) in [6.45, 7) is 0.574. The van der Waals surface area contributed by atoms with Gasteiger partial charge in [-0.2, -0.15) is 5.10 Å². The minimum absolute atomic E-state index is 0.0695. The van der Waals surface area contributed by atoms with Crippen molar-refractivity contribution in [3.05, 3.63) is 41.2 Å². The monoisotopic (exact) mass is 325 g/mol. The van der Waals surface area contributed by atoms with Crippen LogP contribution in [0.2, 0.25) is 0 Å². The van der Waals surface area contributed by atoms with Gasteiger partial charge in [0.25, 0.3) is 5.91 Å². The Hall–Kier alpha value is -2.24. The molecule has 0 bridgehead atoms. The van der Waals surface area contributed by atoms with Crippen molar-refractivity contribution in [2.45, 2.75) is 57.5 Å². The van der Waals surface area contributed by atoms with E-state index in [1.165, 1.54) is 30.5 Å². The molecule has 0 unspecified atom stereocenters. The van der Waals surface area contributed by atoms with E-state index in [-0.39, 0.29) is 17.8 Å². The van der Waals surface area contributed by atoms with Crippen molar-refractivity contribution in [1.29, 1.82) is 0 Å². The molecular formula is C18H23N5O. The lowest BCUT2D eigenvalue weighted by molar-refractivity contribution is 0.0648. The number of fused-ring (bicyclic) bond motifs is 1. The average molecular weight is 325 g/mol. The molecule has 2 aliphatic rings. The first-order valence-corrected chi connectivity index (χ1v) is 8.85. The van der Waals surface area contributed by atoms with Crippen LogP contribution in [0.1, 0.15) is 59.7 Å². The van der Waals surface area contributed by atoms with Crippen molar-refractivity contribution in [2.24, 2.45) is 7.05 Å². The van der Waals surface area contributed by atoms with Gasteiger partial charge in [-0.05, 0) is 43.7 Å². The molecular weight excluding hydrogens is 302 g/mol. The Bertz CT molecular complexity index is 733. The van der Waals surface area contributed by atoms with Gasteiger partial charge in [-0.3, -0.25) is 9.48 Å². The first-order chi connectivity index (χ1) is 11.7. The zero-order valence-corrected chi connectivity index (χ0v) is 14.1. The van der Waals surface area contributed by atoms with Crippen LogP contribution in [-0.2, 0) is 26.4 Å². The number of aromatic nitrogens is 4. The maximum Gasteiger partial charge on any atom is 0.292 e. The fourth-order valence-electron chi connectivity index (χ4n) is 4.11. The lowest BCUT2D eigenvalue weighted by Gasteiger charge is -2.28. The summed E-state index contributed by atoms with van der Waals surface area (Å²) in [4.78, 5) is 23.3. The van der Waals surface area contributed by atoms with Crippen LogP contribution in [0.3, 0.4) is 0 Å². The highest BCUT2D eigenvalue weighted by atomic mass is 16.2. The van der Waals surface area contributed by atoms with Crippen molar-refractivity contribution in [3.8, 4) is 0 Å². The maximum atomic E-state index is 13.0. The molecule has 6 heteroatoms. The van der Waals surface area contributed by atoms with E-state index < -0.39 is 0 Å². The van der Waals surface area contributed by atoms with E-state index >= 15 is 0 Å². The molecule has 2 aromatic heterocycles. The van der Waals surface area contributed by atoms with Gasteiger partial charge in [0, 0.05) is 31.2 Å². The van der Waals surface area contributed by atoms with Crippen LogP contribution in [0.25, 0.3) is 0 Å². The summed E-state index contributed by atoms with van der Waals surface area (Å²) in [5.74, 6) is 0.219. The Balaban J connectivity index is 1.64. The molecule has 24 heavy (non-hydrogen) atoms. The van der Waals surface area contributed by atoms with Gasteiger partial charge in [-0.1, -0.05) is 12.8 Å². The third kappa shape index (κ3) is 2.70. The summed E-state index contributed by atoms with van der Waals surface area (Å²) in [6, 6.07) is 2.02. The number of nitrogens with zero attached hydrogens (tertiary/aromatic N) is 5. The second-order valence-corrected chi connectivity index (χ2v) is 6.79. The van der Waals surface area contributed by atoms with E-state index in [0.717, 1.165) is 31.4 Å². The SMILES string of the molecule is Cn1nc(CN(C(=O)c2ncccn2)C2CCCC2)c2c1CCC2. The third-order valence-corrected chi connectivity index (χ3v) is 5.30. The molecule has 0 saturated heterocycles. The standard InChI is InChI=1S/C18H23N5O/c1-22-16-9-4-8-14(16)15(21-22)12-23(13-6-2-3-7-13)18(24)17-19-10-5-11-20-17/h5,10-11,13H,2-4,6-9,12H2,1H3. The highest BCUT2D eigenvalue weighted by Gasteiger charge is 2.31. The molecule has 2 heterocycles. The van der Waals surface area contributed by atoms with E-state index in [0.29, 0.717) is 6.54 Å². The second kappa shape index (κ2) is 6.34. The normalized spacial score (nSPS) is 17.2. The zero-order valence-electron chi connectivity index (χ0n) is 14.1. The average Bonchev–Trinajstić information content (AvgIpc) is 3.33. The highest BCUT2D eigenvalue weighted by Crippen LogP contribution is 2.29. The number of aryl methyl sites for hydroxylation is 1. The number of rotatable bonds is 4. The summed E-state index contributed by atoms with van der Waals surface area (Å²) in [5, 5.41) is 4.70. The van der Waals surface area contributed by atoms with Crippen LogP contribution in [-0.4, -0.2) is 36.6 Å². The maximum absolute atomic E-state index is 13.0. The van der Waals surface area contributed by atoms with Crippen molar-refractivity contribution in [1.82, 2.24) is 24.6 Å². The molecule has 1 saturated carbocycles. The molecule has 0 atom stereocenters. The molecule has 0 N–H and O–H groups in total. The van der Waals surface area contributed by atoms with Gasteiger partial charge in [0.2, 0.25) is 5.82 Å². The van der Waals surface area contributed by atoms with Crippen LogP contribution < -0.4 is 0 Å². The lowest BCUT2D eigenvalue weighted by atomic mass is 10.1. The summed E-state index contributed by atoms with van der Waals surface area (Å²) in [6.07, 6.45) is 11.1. The predicted molar refractivity (Wildman–Crippen MR) is 89.4 cm³/mol. The van der Waals surface area contributed by atoms with Crippen LogP contribution in [0.4, 0.5) is 0 Å². The predicted octanol–water partition coefficient (Wildman–Crippen LogP) is 2.28. The molecule has 2 aliphatic carbocycles. The molecule has 126 valence electrons. The van der Waals surface area contributed by atoms with Crippen molar-refractivity contribution in [2.75, 3.05) is 0 Å². The number of hydrogen-bond acceptors (Lipinski definition) is 4. The number of amides is 1. The van der Waals surface area contributed by atoms with Crippen molar-refractivity contribution in [3.63, 3.8) is 0 Å². The van der Waals surface area contributed by atoms with Gasteiger partial charge < -0.3 is 4.90 Å². The van der Waals surface area contributed by atoms with Gasteiger partial charge >= 0.3 is 0 Å². The van der Waals surface area contributed by atoms with Crippen molar-refractivity contribution >= 4 is 5.91 Å². The minimum Gasteiger partial charge on any atom is -0.327 e. The molecule has 4 rings (SSSR count). The zero-order chi connectivity index (χ0) is 16.5. The Morgan fingerprint density at radius 2 is 1.96 bits per heavy atom. The van der Waals surface area contributed by atoms with E-state index in [9.17, 15) is 4.79 Å². The van der Waals surface area contributed by atoms with Crippen LogP contribution in [0.15, 0.2) is 18.5 Å².